The largest absolute Gasteiger partial charge is 0.390 e. The van der Waals surface area contributed by atoms with Crippen molar-refractivity contribution in [1.82, 2.24) is 0 Å². The molecule has 1 amide bonds. The molecule has 18 heavy (non-hydrogen) atoms. The first-order valence-electron chi connectivity index (χ1n) is 4.91. The van der Waals surface area contributed by atoms with Crippen LogP contribution in [0.15, 0.2) is 18.2 Å². The van der Waals surface area contributed by atoms with E-state index in [0.29, 0.717) is 0 Å². The molecule has 0 heterocycles. The van der Waals surface area contributed by atoms with Gasteiger partial charge in [-0.3, -0.25) is 14.9 Å². The monoisotopic (exact) mass is 258 g/mol. The van der Waals surface area contributed by atoms with Crippen LogP contribution in [0.3, 0.4) is 0 Å². The lowest BCUT2D eigenvalue weighted by atomic mass is 10.0. The van der Waals surface area contributed by atoms with Gasteiger partial charge in [0.25, 0.3) is 0 Å². The van der Waals surface area contributed by atoms with Crippen LogP contribution >= 0.6 is 0 Å². The third-order valence-corrected chi connectivity index (χ3v) is 2.30. The van der Waals surface area contributed by atoms with Gasteiger partial charge in [-0.25, -0.2) is 0 Å². The van der Waals surface area contributed by atoms with Crippen molar-refractivity contribution < 1.29 is 24.3 Å². The fourth-order valence-electron chi connectivity index (χ4n) is 1.43. The maximum absolute atomic E-state index is 13.6. The Labute approximate surface area is 101 Å². The first-order chi connectivity index (χ1) is 8.34. The van der Waals surface area contributed by atoms with Gasteiger partial charge in [-0.2, -0.15) is 4.39 Å². The Morgan fingerprint density at radius 1 is 1.50 bits per heavy atom. The van der Waals surface area contributed by atoms with Gasteiger partial charge in [0.05, 0.1) is 17.4 Å². The van der Waals surface area contributed by atoms with Gasteiger partial charge in [0.2, 0.25) is 11.7 Å². The molecule has 2 atom stereocenters. The molecule has 0 fully saturated rings. The van der Waals surface area contributed by atoms with Crippen molar-refractivity contribution in [2.45, 2.75) is 18.6 Å². The van der Waals surface area contributed by atoms with Gasteiger partial charge in [0, 0.05) is 11.6 Å². The Hall–Kier alpha value is -2.06. The van der Waals surface area contributed by atoms with Crippen LogP contribution in [0.1, 0.15) is 18.1 Å². The lowest BCUT2D eigenvalue weighted by Crippen LogP contribution is -2.26. The fourth-order valence-corrected chi connectivity index (χ4v) is 1.43. The minimum Gasteiger partial charge on any atom is -0.390 e. The first kappa shape index (κ1) is 14.0. The molecule has 0 saturated carbocycles. The Morgan fingerprint density at radius 3 is 2.61 bits per heavy atom. The van der Waals surface area contributed by atoms with E-state index < -0.39 is 46.5 Å². The van der Waals surface area contributed by atoms with E-state index in [4.69, 9.17) is 5.73 Å². The van der Waals surface area contributed by atoms with Gasteiger partial charge in [0.1, 0.15) is 6.10 Å². The Bertz CT molecular complexity index is 479. The molecule has 0 aromatic heterocycles. The molecule has 0 aliphatic carbocycles. The SMILES string of the molecule is NC(=O)CC(O)C(O)c1cccc([N+](=O)[O-])c1F. The number of aliphatic hydroxyl groups is 2. The highest BCUT2D eigenvalue weighted by Crippen LogP contribution is 2.27. The number of nitro groups is 1. The van der Waals surface area contributed by atoms with Crippen molar-refractivity contribution in [3.63, 3.8) is 0 Å². The molecule has 2 unspecified atom stereocenters. The van der Waals surface area contributed by atoms with Gasteiger partial charge >= 0.3 is 5.69 Å². The van der Waals surface area contributed by atoms with Crippen LogP contribution in [0.5, 0.6) is 0 Å². The Kier molecular flexibility index (Phi) is 4.29. The highest BCUT2D eigenvalue weighted by molar-refractivity contribution is 5.74. The predicted octanol–water partition coefficient (Wildman–Crippen LogP) is 0.00360. The second-order valence-corrected chi connectivity index (χ2v) is 3.62. The lowest BCUT2D eigenvalue weighted by Gasteiger charge is -2.17. The van der Waals surface area contributed by atoms with Gasteiger partial charge in [-0.1, -0.05) is 12.1 Å². The summed E-state index contributed by atoms with van der Waals surface area (Å²) in [5.74, 6) is -2.13. The number of carbonyl (C=O) groups is 1. The van der Waals surface area contributed by atoms with Crippen LogP contribution in [0.25, 0.3) is 0 Å². The van der Waals surface area contributed by atoms with E-state index in [1.165, 1.54) is 0 Å². The lowest BCUT2D eigenvalue weighted by molar-refractivity contribution is -0.387. The van der Waals surface area contributed by atoms with Gasteiger partial charge in [-0.05, 0) is 0 Å². The normalized spacial score (nSPS) is 13.9. The molecule has 0 saturated heterocycles. The van der Waals surface area contributed by atoms with E-state index in [0.717, 1.165) is 18.2 Å². The molecule has 98 valence electrons. The second kappa shape index (κ2) is 5.52. The molecule has 1 aromatic carbocycles. The molecule has 0 radical (unpaired) electrons. The third kappa shape index (κ3) is 2.99. The third-order valence-electron chi connectivity index (χ3n) is 2.30. The number of halogens is 1. The smallest absolute Gasteiger partial charge is 0.305 e. The molecule has 1 rings (SSSR count). The Balaban J connectivity index is 3.06. The number of hydrogen-bond acceptors (Lipinski definition) is 5. The van der Waals surface area contributed by atoms with Crippen LogP contribution in [0.4, 0.5) is 10.1 Å². The summed E-state index contributed by atoms with van der Waals surface area (Å²) in [6.45, 7) is 0. The minimum atomic E-state index is -1.77. The van der Waals surface area contributed by atoms with E-state index in [1.54, 1.807) is 0 Å². The van der Waals surface area contributed by atoms with Crippen LogP contribution in [-0.4, -0.2) is 27.1 Å². The summed E-state index contributed by atoms with van der Waals surface area (Å²) in [4.78, 5) is 20.1. The molecular weight excluding hydrogens is 247 g/mol. The molecule has 7 nitrogen and oxygen atoms in total. The average Bonchev–Trinajstić information content (AvgIpc) is 2.27. The van der Waals surface area contributed by atoms with Crippen LogP contribution in [0, 0.1) is 15.9 Å². The maximum Gasteiger partial charge on any atom is 0.305 e. The number of nitro benzene ring substituents is 1. The highest BCUT2D eigenvalue weighted by Gasteiger charge is 2.27. The molecule has 0 bridgehead atoms. The summed E-state index contributed by atoms with van der Waals surface area (Å²) in [6, 6.07) is 3.17. The number of hydrogen-bond donors (Lipinski definition) is 3. The van der Waals surface area contributed by atoms with Crippen LogP contribution < -0.4 is 5.73 Å². The van der Waals surface area contributed by atoms with E-state index in [2.05, 4.69) is 0 Å². The van der Waals surface area contributed by atoms with E-state index >= 15 is 0 Å². The molecule has 1 aromatic rings. The van der Waals surface area contributed by atoms with Crippen molar-refractivity contribution in [2.75, 3.05) is 0 Å². The number of benzene rings is 1. The summed E-state index contributed by atoms with van der Waals surface area (Å²) >= 11 is 0. The number of primary amides is 1. The van der Waals surface area contributed by atoms with Crippen molar-refractivity contribution in [3.8, 4) is 0 Å². The van der Waals surface area contributed by atoms with Crippen molar-refractivity contribution in [3.05, 3.63) is 39.7 Å². The summed E-state index contributed by atoms with van der Waals surface area (Å²) < 4.78 is 13.6. The number of nitrogens with zero attached hydrogens (tertiary/aromatic N) is 1. The standard InChI is InChI=1S/C10H11FN2O5/c11-9-5(2-1-3-6(9)13(17)18)10(16)7(14)4-8(12)15/h1-3,7,10,14,16H,4H2,(H2,12,15). The zero-order chi connectivity index (χ0) is 13.9. The Morgan fingerprint density at radius 2 is 2.11 bits per heavy atom. The number of rotatable bonds is 5. The minimum absolute atomic E-state index is 0.460. The topological polar surface area (TPSA) is 127 Å². The first-order valence-corrected chi connectivity index (χ1v) is 4.91. The molecule has 8 heteroatoms. The van der Waals surface area contributed by atoms with Gasteiger partial charge in [0.15, 0.2) is 0 Å². The van der Waals surface area contributed by atoms with Gasteiger partial charge < -0.3 is 15.9 Å². The van der Waals surface area contributed by atoms with E-state index in [1.807, 2.05) is 0 Å². The quantitative estimate of drug-likeness (QED) is 0.506. The van der Waals surface area contributed by atoms with Crippen LogP contribution in [-0.2, 0) is 4.79 Å². The maximum atomic E-state index is 13.6. The zero-order valence-electron chi connectivity index (χ0n) is 9.12. The highest BCUT2D eigenvalue weighted by atomic mass is 19.1. The van der Waals surface area contributed by atoms with Crippen molar-refractivity contribution >= 4 is 11.6 Å². The molecule has 0 spiro atoms. The number of aliphatic hydroxyl groups excluding tert-OH is 2. The fraction of sp³-hybridized carbons (Fsp3) is 0.300. The molecule has 4 N–H and O–H groups in total. The summed E-state index contributed by atoms with van der Waals surface area (Å²) in [6.07, 6.45) is -3.97. The predicted molar refractivity (Wildman–Crippen MR) is 57.8 cm³/mol. The second-order valence-electron chi connectivity index (χ2n) is 3.62. The number of amides is 1. The van der Waals surface area contributed by atoms with Crippen molar-refractivity contribution in [2.24, 2.45) is 5.73 Å². The van der Waals surface area contributed by atoms with Crippen molar-refractivity contribution in [1.29, 1.82) is 0 Å². The molecule has 0 aliphatic heterocycles. The summed E-state index contributed by atoms with van der Waals surface area (Å²) in [5, 5.41) is 29.5. The van der Waals surface area contributed by atoms with Crippen LogP contribution in [0.2, 0.25) is 0 Å². The number of nitrogens with two attached hydrogens (primary N) is 1. The zero-order valence-corrected chi connectivity index (χ0v) is 9.12. The van der Waals surface area contributed by atoms with Gasteiger partial charge in [-0.15, -0.1) is 0 Å². The number of carbonyl (C=O) groups excluding carboxylic acids is 1. The average molecular weight is 258 g/mol. The van der Waals surface area contributed by atoms with E-state index in [9.17, 15) is 29.5 Å². The molecule has 0 aliphatic rings. The summed E-state index contributed by atoms with van der Waals surface area (Å²) in [7, 11) is 0. The van der Waals surface area contributed by atoms with E-state index in [-0.39, 0.29) is 0 Å². The molecular formula is C10H11FN2O5. The summed E-state index contributed by atoms with van der Waals surface area (Å²) in [5.41, 5.74) is 3.53.